The topological polar surface area (TPSA) is 102 Å². The number of piperazine rings is 1. The van der Waals surface area contributed by atoms with Crippen molar-refractivity contribution in [3.05, 3.63) is 60.7 Å². The molecular weight excluding hydrogens is 449 g/mol. The number of benzene rings is 2. The molecule has 2 N–H and O–H groups in total. The number of halogens is 1. The highest BCUT2D eigenvalue weighted by atomic mass is 19.1. The first kappa shape index (κ1) is 22.2. The first-order chi connectivity index (χ1) is 17.0. The quantitative estimate of drug-likeness (QED) is 0.457. The molecular formula is C25H22FN7O2. The molecule has 1 aliphatic rings. The van der Waals surface area contributed by atoms with E-state index >= 15 is 0 Å². The second kappa shape index (κ2) is 8.95. The summed E-state index contributed by atoms with van der Waals surface area (Å²) in [6, 6.07) is 13.6. The van der Waals surface area contributed by atoms with E-state index in [0.29, 0.717) is 35.6 Å². The largest absolute Gasteiger partial charge is 0.497 e. The summed E-state index contributed by atoms with van der Waals surface area (Å²) in [5.74, 6) is 2.44. The van der Waals surface area contributed by atoms with Crippen molar-refractivity contribution in [3.8, 4) is 29.4 Å². The van der Waals surface area contributed by atoms with Crippen LogP contribution in [0.1, 0.15) is 6.17 Å². The van der Waals surface area contributed by atoms with Gasteiger partial charge >= 0.3 is 0 Å². The molecule has 4 aromatic rings. The van der Waals surface area contributed by atoms with Gasteiger partial charge in [-0.3, -0.25) is 4.79 Å². The minimum atomic E-state index is -0.477. The third-order valence-corrected chi connectivity index (χ3v) is 6.09. The Morgan fingerprint density at radius 1 is 1.14 bits per heavy atom. The van der Waals surface area contributed by atoms with Crippen LogP contribution in [0.3, 0.4) is 0 Å². The van der Waals surface area contributed by atoms with Gasteiger partial charge in [-0.15, -0.1) is 6.42 Å². The maximum absolute atomic E-state index is 13.6. The highest BCUT2D eigenvalue weighted by Crippen LogP contribution is 2.35. The fraction of sp³-hybridized carbons (Fsp3) is 0.200. The van der Waals surface area contributed by atoms with E-state index < -0.39 is 12.1 Å². The predicted molar refractivity (Wildman–Crippen MR) is 130 cm³/mol. The second-order valence-corrected chi connectivity index (χ2v) is 8.03. The highest BCUT2D eigenvalue weighted by molar-refractivity contribution is 5.98. The fourth-order valence-electron chi connectivity index (χ4n) is 4.34. The Kier molecular flexibility index (Phi) is 5.66. The number of nitrogens with zero attached hydrogens (tertiary/aromatic N) is 6. The number of hydrogen-bond acceptors (Lipinski definition) is 7. The van der Waals surface area contributed by atoms with Crippen LogP contribution in [-0.2, 0) is 4.79 Å². The average Bonchev–Trinajstić information content (AvgIpc) is 3.29. The highest BCUT2D eigenvalue weighted by Gasteiger charge is 2.33. The Bertz CT molecular complexity index is 1430. The molecule has 2 aromatic carbocycles. The summed E-state index contributed by atoms with van der Waals surface area (Å²) in [6.07, 6.45) is 6.30. The van der Waals surface area contributed by atoms with Crippen LogP contribution in [0.15, 0.2) is 54.9 Å². The van der Waals surface area contributed by atoms with Crippen molar-refractivity contribution in [2.45, 2.75) is 6.17 Å². The number of carbonyl (C=O) groups excluding carboxylic acids is 1. The number of ether oxygens (including phenoxy) is 1. The van der Waals surface area contributed by atoms with Gasteiger partial charge in [0.1, 0.15) is 35.6 Å². The van der Waals surface area contributed by atoms with E-state index in [9.17, 15) is 9.18 Å². The van der Waals surface area contributed by atoms with Gasteiger partial charge in [0.2, 0.25) is 0 Å². The molecule has 35 heavy (non-hydrogen) atoms. The smallest absolute Gasteiger partial charge is 0.298 e. The normalized spacial score (nSPS) is 15.7. The molecule has 176 valence electrons. The fourth-order valence-corrected chi connectivity index (χ4v) is 4.34. The van der Waals surface area contributed by atoms with Gasteiger partial charge in [0, 0.05) is 24.3 Å². The molecule has 5 rings (SSSR count). The average molecular weight is 471 g/mol. The van der Waals surface area contributed by atoms with E-state index in [0.717, 1.165) is 11.3 Å². The van der Waals surface area contributed by atoms with Crippen molar-refractivity contribution < 1.29 is 13.9 Å². The lowest BCUT2D eigenvalue weighted by Crippen LogP contribution is -2.52. The number of amides is 1. The number of aromatic nitrogens is 4. The maximum atomic E-state index is 13.6. The number of nitrogens with two attached hydrogens (primary N) is 1. The molecule has 1 aliphatic heterocycles. The summed E-state index contributed by atoms with van der Waals surface area (Å²) in [6.45, 7) is 1.13. The van der Waals surface area contributed by atoms with Gasteiger partial charge in [-0.05, 0) is 54.5 Å². The Morgan fingerprint density at radius 3 is 2.57 bits per heavy atom. The molecule has 1 saturated heterocycles. The zero-order chi connectivity index (χ0) is 24.5. The standard InChI is InChI=1S/C25H22FN7O2/c1-3-21(34)31-12-13-32(18-8-6-17(26)7-9-18)20(14-31)33-25-22(24(27)28-15-29-25)23(30-33)16-4-10-19(35-2)11-5-16/h1,4-11,15,20H,12-14H2,2H3,(H2,27,28,29). The van der Waals surface area contributed by atoms with Crippen LogP contribution in [0.4, 0.5) is 15.9 Å². The minimum absolute atomic E-state index is 0.253. The lowest BCUT2D eigenvalue weighted by molar-refractivity contribution is -0.126. The van der Waals surface area contributed by atoms with Gasteiger partial charge < -0.3 is 20.3 Å². The number of rotatable bonds is 4. The molecule has 10 heteroatoms. The van der Waals surface area contributed by atoms with Crippen LogP contribution in [-0.4, -0.2) is 57.3 Å². The van der Waals surface area contributed by atoms with Crippen LogP contribution in [0.5, 0.6) is 5.75 Å². The maximum Gasteiger partial charge on any atom is 0.298 e. The van der Waals surface area contributed by atoms with E-state index in [2.05, 4.69) is 15.9 Å². The summed E-state index contributed by atoms with van der Waals surface area (Å²) in [5, 5.41) is 5.50. The number of fused-ring (bicyclic) bond motifs is 1. The van der Waals surface area contributed by atoms with Gasteiger partial charge in [0.25, 0.3) is 5.91 Å². The van der Waals surface area contributed by atoms with Crippen molar-refractivity contribution in [3.63, 3.8) is 0 Å². The third-order valence-electron chi connectivity index (χ3n) is 6.09. The first-order valence-electron chi connectivity index (χ1n) is 10.9. The summed E-state index contributed by atoms with van der Waals surface area (Å²) < 4.78 is 20.6. The van der Waals surface area contributed by atoms with E-state index in [1.54, 1.807) is 28.8 Å². The number of nitrogen functional groups attached to an aromatic ring is 1. The van der Waals surface area contributed by atoms with Gasteiger partial charge in [-0.2, -0.15) is 5.10 Å². The molecule has 1 fully saturated rings. The van der Waals surface area contributed by atoms with Crippen LogP contribution >= 0.6 is 0 Å². The Balaban J connectivity index is 1.67. The molecule has 0 bridgehead atoms. The van der Waals surface area contributed by atoms with Crippen LogP contribution in [0.25, 0.3) is 22.3 Å². The monoisotopic (exact) mass is 471 g/mol. The zero-order valence-electron chi connectivity index (χ0n) is 18.9. The molecule has 1 atom stereocenters. The van der Waals surface area contributed by atoms with Crippen molar-refractivity contribution >= 4 is 28.4 Å². The molecule has 1 amide bonds. The second-order valence-electron chi connectivity index (χ2n) is 8.03. The molecule has 2 aromatic heterocycles. The molecule has 1 unspecified atom stereocenters. The molecule has 0 saturated carbocycles. The van der Waals surface area contributed by atoms with Crippen molar-refractivity contribution in [1.82, 2.24) is 24.6 Å². The van der Waals surface area contributed by atoms with E-state index in [1.165, 1.54) is 18.5 Å². The molecule has 0 spiro atoms. The van der Waals surface area contributed by atoms with Gasteiger partial charge in [0.15, 0.2) is 5.65 Å². The Morgan fingerprint density at radius 2 is 1.89 bits per heavy atom. The van der Waals surface area contributed by atoms with Crippen LogP contribution in [0, 0.1) is 18.2 Å². The van der Waals surface area contributed by atoms with Crippen LogP contribution < -0.4 is 15.4 Å². The third kappa shape index (κ3) is 3.97. The van der Waals surface area contributed by atoms with E-state index in [4.69, 9.17) is 22.0 Å². The lowest BCUT2D eigenvalue weighted by Gasteiger charge is -2.42. The van der Waals surface area contributed by atoms with E-state index in [-0.39, 0.29) is 18.2 Å². The number of anilines is 2. The van der Waals surface area contributed by atoms with Gasteiger partial charge in [0.05, 0.1) is 19.0 Å². The summed E-state index contributed by atoms with van der Waals surface area (Å²) >= 11 is 0. The van der Waals surface area contributed by atoms with Crippen molar-refractivity contribution in [1.29, 1.82) is 0 Å². The van der Waals surface area contributed by atoms with E-state index in [1.807, 2.05) is 29.2 Å². The lowest BCUT2D eigenvalue weighted by atomic mass is 10.1. The Labute approximate surface area is 200 Å². The Hall–Kier alpha value is -4.65. The minimum Gasteiger partial charge on any atom is -0.497 e. The molecule has 9 nitrogen and oxygen atoms in total. The summed E-state index contributed by atoms with van der Waals surface area (Å²) in [4.78, 5) is 24.7. The summed E-state index contributed by atoms with van der Waals surface area (Å²) in [5.41, 5.74) is 8.97. The predicted octanol–water partition coefficient (Wildman–Crippen LogP) is 2.70. The summed E-state index contributed by atoms with van der Waals surface area (Å²) in [7, 11) is 1.60. The zero-order valence-corrected chi connectivity index (χ0v) is 18.9. The van der Waals surface area contributed by atoms with Gasteiger partial charge in [-0.1, -0.05) is 0 Å². The number of hydrogen-bond donors (Lipinski definition) is 1. The molecule has 0 radical (unpaired) electrons. The van der Waals surface area contributed by atoms with Crippen molar-refractivity contribution in [2.24, 2.45) is 0 Å². The first-order valence-corrected chi connectivity index (χ1v) is 10.9. The SMILES string of the molecule is C#CC(=O)N1CCN(c2ccc(F)cc2)C(n2nc(-c3ccc(OC)cc3)c3c(N)ncnc32)C1. The number of methoxy groups -OCH3 is 1. The molecule has 3 heterocycles. The van der Waals surface area contributed by atoms with Crippen molar-refractivity contribution in [2.75, 3.05) is 37.4 Å². The van der Waals surface area contributed by atoms with Gasteiger partial charge in [-0.25, -0.2) is 19.0 Å². The number of terminal acetylenes is 1. The number of carbonyl (C=O) groups is 1. The molecule has 0 aliphatic carbocycles. The van der Waals surface area contributed by atoms with Crippen LogP contribution in [0.2, 0.25) is 0 Å².